The van der Waals surface area contributed by atoms with Crippen molar-refractivity contribution in [3.63, 3.8) is 0 Å². The number of ether oxygens (including phenoxy) is 1. The van der Waals surface area contributed by atoms with Crippen LogP contribution in [0.15, 0.2) is 18.2 Å². The second kappa shape index (κ2) is 6.16. The molecular weight excluding hydrogens is 246 g/mol. The van der Waals surface area contributed by atoms with E-state index in [4.69, 9.17) is 10.00 Å². The van der Waals surface area contributed by atoms with Gasteiger partial charge in [-0.05, 0) is 26.8 Å². The molecule has 0 aromatic heterocycles. The van der Waals surface area contributed by atoms with Crippen molar-refractivity contribution in [3.8, 4) is 6.07 Å². The van der Waals surface area contributed by atoms with Gasteiger partial charge in [0.2, 0.25) is 0 Å². The molecule has 0 saturated carbocycles. The van der Waals surface area contributed by atoms with Crippen molar-refractivity contribution in [2.45, 2.75) is 26.4 Å². The van der Waals surface area contributed by atoms with Gasteiger partial charge in [0.1, 0.15) is 6.07 Å². The zero-order valence-corrected chi connectivity index (χ0v) is 11.3. The molecule has 0 atom stereocenters. The number of hydrogen-bond donors (Lipinski definition) is 1. The van der Waals surface area contributed by atoms with E-state index in [9.17, 15) is 10.1 Å². The maximum absolute atomic E-state index is 10.6. The lowest BCUT2D eigenvalue weighted by Gasteiger charge is -2.25. The maximum atomic E-state index is 10.6. The highest BCUT2D eigenvalue weighted by molar-refractivity contribution is 5.61. The van der Waals surface area contributed by atoms with Crippen LogP contribution in [0.3, 0.4) is 0 Å². The molecule has 0 bridgehead atoms. The lowest BCUT2D eigenvalue weighted by molar-refractivity contribution is -0.384. The zero-order valence-electron chi connectivity index (χ0n) is 11.3. The number of rotatable bonds is 6. The Morgan fingerprint density at radius 3 is 2.74 bits per heavy atom. The monoisotopic (exact) mass is 263 g/mol. The van der Waals surface area contributed by atoms with Gasteiger partial charge in [-0.2, -0.15) is 5.26 Å². The van der Waals surface area contributed by atoms with Crippen LogP contribution >= 0.6 is 0 Å². The van der Waals surface area contributed by atoms with Crippen LogP contribution in [0.1, 0.15) is 26.3 Å². The molecule has 0 spiro atoms. The molecule has 0 amide bonds. The average Bonchev–Trinajstić information content (AvgIpc) is 2.36. The quantitative estimate of drug-likeness (QED) is 0.629. The van der Waals surface area contributed by atoms with Gasteiger partial charge in [0.15, 0.2) is 0 Å². The van der Waals surface area contributed by atoms with Gasteiger partial charge in [0, 0.05) is 25.3 Å². The van der Waals surface area contributed by atoms with E-state index >= 15 is 0 Å². The molecule has 0 unspecified atom stereocenters. The topological polar surface area (TPSA) is 88.2 Å². The lowest BCUT2D eigenvalue weighted by Crippen LogP contribution is -2.33. The van der Waals surface area contributed by atoms with Crippen molar-refractivity contribution in [1.29, 1.82) is 5.26 Å². The molecule has 0 aliphatic heterocycles. The van der Waals surface area contributed by atoms with E-state index in [0.29, 0.717) is 18.8 Å². The van der Waals surface area contributed by atoms with Crippen LogP contribution in [0.25, 0.3) is 0 Å². The molecule has 1 aromatic carbocycles. The van der Waals surface area contributed by atoms with Crippen LogP contribution in [0, 0.1) is 21.4 Å². The standard InChI is InChI=1S/C13H17N3O3/c1-4-19-13(2,3)9-15-12-6-5-11(16(17)18)7-10(12)8-14/h5-7,15H,4,9H2,1-3H3. The van der Waals surface area contributed by atoms with E-state index in [-0.39, 0.29) is 16.9 Å². The highest BCUT2D eigenvalue weighted by Gasteiger charge is 2.18. The summed E-state index contributed by atoms with van der Waals surface area (Å²) in [5, 5.41) is 22.7. The second-order valence-electron chi connectivity index (χ2n) is 4.65. The normalized spacial score (nSPS) is 10.8. The molecule has 1 aromatic rings. The molecule has 0 aliphatic carbocycles. The number of nitro benzene ring substituents is 1. The zero-order chi connectivity index (χ0) is 14.5. The molecule has 0 fully saturated rings. The number of nitrogens with zero attached hydrogens (tertiary/aromatic N) is 2. The number of nitro groups is 1. The summed E-state index contributed by atoms with van der Waals surface area (Å²) in [6.07, 6.45) is 0. The highest BCUT2D eigenvalue weighted by Crippen LogP contribution is 2.22. The SMILES string of the molecule is CCOC(C)(C)CNc1ccc([N+](=O)[O-])cc1C#N. The summed E-state index contributed by atoms with van der Waals surface area (Å²) >= 11 is 0. The van der Waals surface area contributed by atoms with Crippen LogP contribution < -0.4 is 5.32 Å². The third-order valence-corrected chi connectivity index (χ3v) is 2.57. The van der Waals surface area contributed by atoms with Crippen LogP contribution in [0.2, 0.25) is 0 Å². The summed E-state index contributed by atoms with van der Waals surface area (Å²) in [5.74, 6) is 0. The van der Waals surface area contributed by atoms with E-state index in [2.05, 4.69) is 5.32 Å². The fourth-order valence-corrected chi connectivity index (χ4v) is 1.64. The third-order valence-electron chi connectivity index (χ3n) is 2.57. The van der Waals surface area contributed by atoms with E-state index in [1.54, 1.807) is 6.07 Å². The van der Waals surface area contributed by atoms with Crippen molar-refractivity contribution in [1.82, 2.24) is 0 Å². The fourth-order valence-electron chi connectivity index (χ4n) is 1.64. The van der Waals surface area contributed by atoms with Crippen LogP contribution in [-0.4, -0.2) is 23.7 Å². The minimum absolute atomic E-state index is 0.0915. The Bertz CT molecular complexity index is 506. The molecule has 0 saturated heterocycles. The molecule has 0 radical (unpaired) electrons. The molecule has 6 nitrogen and oxygen atoms in total. The van der Waals surface area contributed by atoms with Crippen LogP contribution in [-0.2, 0) is 4.74 Å². The molecule has 102 valence electrons. The van der Waals surface area contributed by atoms with Gasteiger partial charge in [0.05, 0.1) is 21.8 Å². The second-order valence-corrected chi connectivity index (χ2v) is 4.65. The minimum atomic E-state index is -0.519. The molecule has 6 heteroatoms. The summed E-state index contributed by atoms with van der Waals surface area (Å²) in [4.78, 5) is 10.1. The Balaban J connectivity index is 2.85. The van der Waals surface area contributed by atoms with Gasteiger partial charge in [-0.25, -0.2) is 0 Å². The molecule has 1 rings (SSSR count). The maximum Gasteiger partial charge on any atom is 0.270 e. The summed E-state index contributed by atoms with van der Waals surface area (Å²) in [5.41, 5.74) is 0.358. The Morgan fingerprint density at radius 2 is 2.21 bits per heavy atom. The first-order valence-corrected chi connectivity index (χ1v) is 5.96. The third kappa shape index (κ3) is 4.23. The van der Waals surface area contributed by atoms with Gasteiger partial charge < -0.3 is 10.1 Å². The Hall–Kier alpha value is -2.13. The summed E-state index contributed by atoms with van der Waals surface area (Å²) < 4.78 is 5.53. The van der Waals surface area contributed by atoms with Gasteiger partial charge >= 0.3 is 0 Å². The van der Waals surface area contributed by atoms with E-state index in [1.165, 1.54) is 12.1 Å². The first-order chi connectivity index (χ1) is 8.89. The lowest BCUT2D eigenvalue weighted by atomic mass is 10.1. The van der Waals surface area contributed by atoms with Crippen molar-refractivity contribution in [3.05, 3.63) is 33.9 Å². The Morgan fingerprint density at radius 1 is 1.53 bits per heavy atom. The number of nitriles is 1. The largest absolute Gasteiger partial charge is 0.381 e. The van der Waals surface area contributed by atoms with Crippen LogP contribution in [0.4, 0.5) is 11.4 Å². The van der Waals surface area contributed by atoms with Crippen molar-refractivity contribution >= 4 is 11.4 Å². The summed E-state index contributed by atoms with van der Waals surface area (Å²) in [7, 11) is 0. The number of anilines is 1. The number of non-ortho nitro benzene ring substituents is 1. The Kier molecular flexibility index (Phi) is 4.84. The van der Waals surface area contributed by atoms with E-state index in [0.717, 1.165) is 0 Å². The van der Waals surface area contributed by atoms with Crippen molar-refractivity contribution in [2.75, 3.05) is 18.5 Å². The molecule has 0 heterocycles. The molecule has 1 N–H and O–H groups in total. The molecule has 0 aliphatic rings. The van der Waals surface area contributed by atoms with Crippen LogP contribution in [0.5, 0.6) is 0 Å². The number of nitrogens with one attached hydrogen (secondary N) is 1. The summed E-state index contributed by atoms with van der Waals surface area (Å²) in [6.45, 7) is 6.88. The van der Waals surface area contributed by atoms with Gasteiger partial charge in [0.25, 0.3) is 5.69 Å². The Labute approximate surface area is 112 Å². The number of benzene rings is 1. The summed E-state index contributed by atoms with van der Waals surface area (Å²) in [6, 6.07) is 6.12. The van der Waals surface area contributed by atoms with Gasteiger partial charge in [-0.3, -0.25) is 10.1 Å². The van der Waals surface area contributed by atoms with Crippen molar-refractivity contribution < 1.29 is 9.66 Å². The van der Waals surface area contributed by atoms with Gasteiger partial charge in [-0.1, -0.05) is 0 Å². The van der Waals surface area contributed by atoms with E-state index < -0.39 is 4.92 Å². The van der Waals surface area contributed by atoms with Crippen molar-refractivity contribution in [2.24, 2.45) is 0 Å². The number of hydrogen-bond acceptors (Lipinski definition) is 5. The first-order valence-electron chi connectivity index (χ1n) is 5.96. The van der Waals surface area contributed by atoms with Gasteiger partial charge in [-0.15, -0.1) is 0 Å². The van der Waals surface area contributed by atoms with E-state index in [1.807, 2.05) is 26.8 Å². The smallest absolute Gasteiger partial charge is 0.270 e. The fraction of sp³-hybridized carbons (Fsp3) is 0.462. The molecule has 19 heavy (non-hydrogen) atoms. The average molecular weight is 263 g/mol. The minimum Gasteiger partial charge on any atom is -0.381 e. The first kappa shape index (κ1) is 14.9. The highest BCUT2D eigenvalue weighted by atomic mass is 16.6. The molecular formula is C13H17N3O3. The predicted octanol–water partition coefficient (Wildman–Crippen LogP) is 2.69. The predicted molar refractivity (Wildman–Crippen MR) is 72.0 cm³/mol.